The molecule has 2 aromatic rings. The molecule has 0 spiro atoms. The van der Waals surface area contributed by atoms with Crippen molar-refractivity contribution in [1.29, 1.82) is 0 Å². The largest absolute Gasteiger partial charge is 0.493 e. The molecule has 0 amide bonds. The van der Waals surface area contributed by atoms with Gasteiger partial charge in [0.25, 0.3) is 0 Å². The fraction of sp³-hybridized carbons (Fsp3) is 0.368. The lowest BCUT2D eigenvalue weighted by Gasteiger charge is -2.14. The highest BCUT2D eigenvalue weighted by Crippen LogP contribution is 2.28. The van der Waals surface area contributed by atoms with Crippen LogP contribution in [-0.2, 0) is 12.8 Å². The quantitative estimate of drug-likeness (QED) is 0.919. The van der Waals surface area contributed by atoms with Crippen molar-refractivity contribution in [2.45, 2.75) is 38.6 Å². The van der Waals surface area contributed by atoms with Crippen molar-refractivity contribution >= 4 is 0 Å². The topological polar surface area (TPSA) is 35.2 Å². The minimum Gasteiger partial charge on any atom is -0.493 e. The molecule has 1 unspecified atom stereocenters. The zero-order chi connectivity index (χ0) is 14.8. The molecule has 1 atom stereocenters. The summed E-state index contributed by atoms with van der Waals surface area (Å²) in [5, 5.41) is 0. The lowest BCUT2D eigenvalue weighted by atomic mass is 9.95. The molecule has 2 N–H and O–H groups in total. The van der Waals surface area contributed by atoms with E-state index >= 15 is 0 Å². The summed E-state index contributed by atoms with van der Waals surface area (Å²) in [6.45, 7) is 5.23. The molecule has 1 aliphatic heterocycles. The molecule has 0 aromatic heterocycles. The van der Waals surface area contributed by atoms with Gasteiger partial charge in [0, 0.05) is 12.5 Å². The van der Waals surface area contributed by atoms with Crippen molar-refractivity contribution in [1.82, 2.24) is 0 Å². The van der Waals surface area contributed by atoms with E-state index in [1.807, 2.05) is 0 Å². The highest BCUT2D eigenvalue weighted by molar-refractivity contribution is 5.41. The molecule has 110 valence electrons. The second kappa shape index (κ2) is 5.90. The Balaban J connectivity index is 1.72. The van der Waals surface area contributed by atoms with Crippen LogP contribution in [0.1, 0.15) is 48.1 Å². The van der Waals surface area contributed by atoms with Gasteiger partial charge in [-0.15, -0.1) is 0 Å². The van der Waals surface area contributed by atoms with Gasteiger partial charge < -0.3 is 10.5 Å². The Morgan fingerprint density at radius 3 is 2.48 bits per heavy atom. The molecule has 0 aliphatic carbocycles. The van der Waals surface area contributed by atoms with Gasteiger partial charge in [-0.3, -0.25) is 0 Å². The van der Waals surface area contributed by atoms with Crippen LogP contribution in [0.25, 0.3) is 0 Å². The van der Waals surface area contributed by atoms with E-state index in [0.717, 1.165) is 25.2 Å². The van der Waals surface area contributed by atoms with Crippen LogP contribution in [0.2, 0.25) is 0 Å². The minimum atomic E-state index is 0.0424. The van der Waals surface area contributed by atoms with Crippen molar-refractivity contribution in [2.75, 3.05) is 6.61 Å². The van der Waals surface area contributed by atoms with E-state index in [1.54, 1.807) is 0 Å². The summed E-state index contributed by atoms with van der Waals surface area (Å²) in [7, 11) is 0. The van der Waals surface area contributed by atoms with E-state index in [2.05, 4.69) is 56.3 Å². The number of hydrogen-bond donors (Lipinski definition) is 1. The second-order valence-electron chi connectivity index (χ2n) is 6.17. The molecule has 0 saturated heterocycles. The van der Waals surface area contributed by atoms with Gasteiger partial charge in [-0.05, 0) is 40.7 Å². The lowest BCUT2D eigenvalue weighted by molar-refractivity contribution is 0.357. The van der Waals surface area contributed by atoms with Crippen molar-refractivity contribution < 1.29 is 4.74 Å². The van der Waals surface area contributed by atoms with E-state index in [9.17, 15) is 0 Å². The molecule has 1 heterocycles. The predicted octanol–water partition coefficient (Wildman–Crippen LogP) is 3.99. The number of hydrogen-bond acceptors (Lipinski definition) is 2. The maximum absolute atomic E-state index is 6.38. The van der Waals surface area contributed by atoms with Crippen LogP contribution in [0.3, 0.4) is 0 Å². The van der Waals surface area contributed by atoms with E-state index in [0.29, 0.717) is 5.92 Å². The summed E-state index contributed by atoms with van der Waals surface area (Å²) in [4.78, 5) is 0. The first-order valence-corrected chi connectivity index (χ1v) is 7.73. The van der Waals surface area contributed by atoms with Gasteiger partial charge in [0.15, 0.2) is 0 Å². The first kappa shape index (κ1) is 14.2. The van der Waals surface area contributed by atoms with Crippen LogP contribution >= 0.6 is 0 Å². The van der Waals surface area contributed by atoms with E-state index in [-0.39, 0.29) is 6.04 Å². The van der Waals surface area contributed by atoms with Gasteiger partial charge in [-0.25, -0.2) is 0 Å². The fourth-order valence-corrected chi connectivity index (χ4v) is 2.85. The Bertz CT molecular complexity index is 616. The number of nitrogens with two attached hydrogens (primary N) is 1. The van der Waals surface area contributed by atoms with Gasteiger partial charge in [0.2, 0.25) is 0 Å². The molecule has 3 rings (SSSR count). The standard InChI is InChI=1S/C19H23NO/c1-13(2)15-5-3-14(4-6-15)11-18(20)16-7-8-19-17(12-16)9-10-21-19/h3-8,12-13,18H,9-11,20H2,1-2H3. The number of rotatable bonds is 4. The Kier molecular flexibility index (Phi) is 3.98. The highest BCUT2D eigenvalue weighted by Gasteiger charge is 2.15. The first-order valence-electron chi connectivity index (χ1n) is 7.73. The molecule has 0 bridgehead atoms. The summed E-state index contributed by atoms with van der Waals surface area (Å²) >= 11 is 0. The lowest BCUT2D eigenvalue weighted by Crippen LogP contribution is -2.13. The Morgan fingerprint density at radius 1 is 1.05 bits per heavy atom. The van der Waals surface area contributed by atoms with E-state index in [1.165, 1.54) is 22.3 Å². The third kappa shape index (κ3) is 3.11. The Morgan fingerprint density at radius 2 is 1.76 bits per heavy atom. The summed E-state index contributed by atoms with van der Waals surface area (Å²) in [5.74, 6) is 1.59. The molecule has 1 aliphatic rings. The van der Waals surface area contributed by atoms with Crippen molar-refractivity contribution in [2.24, 2.45) is 5.73 Å². The van der Waals surface area contributed by atoms with Gasteiger partial charge in [0.05, 0.1) is 6.61 Å². The second-order valence-corrected chi connectivity index (χ2v) is 6.17. The third-order valence-corrected chi connectivity index (χ3v) is 4.24. The maximum Gasteiger partial charge on any atom is 0.122 e. The fourth-order valence-electron chi connectivity index (χ4n) is 2.85. The van der Waals surface area contributed by atoms with Crippen LogP contribution < -0.4 is 10.5 Å². The molecule has 21 heavy (non-hydrogen) atoms. The minimum absolute atomic E-state index is 0.0424. The average Bonchev–Trinajstić information content (AvgIpc) is 2.95. The van der Waals surface area contributed by atoms with Crippen molar-refractivity contribution in [3.05, 3.63) is 64.7 Å². The maximum atomic E-state index is 6.38. The zero-order valence-corrected chi connectivity index (χ0v) is 12.8. The Labute approximate surface area is 126 Å². The first-order chi connectivity index (χ1) is 10.1. The van der Waals surface area contributed by atoms with Gasteiger partial charge in [-0.2, -0.15) is 0 Å². The van der Waals surface area contributed by atoms with Crippen molar-refractivity contribution in [3.8, 4) is 5.75 Å². The van der Waals surface area contributed by atoms with Gasteiger partial charge in [0.1, 0.15) is 5.75 Å². The molecule has 0 fully saturated rings. The highest BCUT2D eigenvalue weighted by atomic mass is 16.5. The van der Waals surface area contributed by atoms with Crippen LogP contribution in [0, 0.1) is 0 Å². The molecule has 2 heteroatoms. The zero-order valence-electron chi connectivity index (χ0n) is 12.8. The molecular weight excluding hydrogens is 258 g/mol. The van der Waals surface area contributed by atoms with Crippen LogP contribution in [0.15, 0.2) is 42.5 Å². The Hall–Kier alpha value is -1.80. The SMILES string of the molecule is CC(C)c1ccc(CC(N)c2ccc3c(c2)CCO3)cc1. The number of fused-ring (bicyclic) bond motifs is 1. The van der Waals surface area contributed by atoms with Gasteiger partial charge >= 0.3 is 0 Å². The predicted molar refractivity (Wildman–Crippen MR) is 86.8 cm³/mol. The third-order valence-electron chi connectivity index (χ3n) is 4.24. The molecule has 2 nitrogen and oxygen atoms in total. The summed E-state index contributed by atoms with van der Waals surface area (Å²) < 4.78 is 5.55. The summed E-state index contributed by atoms with van der Waals surface area (Å²) in [6.07, 6.45) is 1.87. The van der Waals surface area contributed by atoms with E-state index < -0.39 is 0 Å². The average molecular weight is 281 g/mol. The van der Waals surface area contributed by atoms with Crippen LogP contribution in [0.4, 0.5) is 0 Å². The van der Waals surface area contributed by atoms with Crippen LogP contribution in [0.5, 0.6) is 5.75 Å². The van der Waals surface area contributed by atoms with E-state index in [4.69, 9.17) is 10.5 Å². The normalized spacial score (nSPS) is 14.9. The number of ether oxygens (including phenoxy) is 1. The molecule has 0 saturated carbocycles. The van der Waals surface area contributed by atoms with Crippen LogP contribution in [-0.4, -0.2) is 6.61 Å². The molecule has 2 aromatic carbocycles. The van der Waals surface area contributed by atoms with Gasteiger partial charge in [-0.1, -0.05) is 50.2 Å². The summed E-state index contributed by atoms with van der Waals surface area (Å²) in [6, 6.07) is 15.2. The monoisotopic (exact) mass is 281 g/mol. The number of benzene rings is 2. The smallest absolute Gasteiger partial charge is 0.122 e. The molecule has 0 radical (unpaired) electrons. The van der Waals surface area contributed by atoms with Crippen molar-refractivity contribution in [3.63, 3.8) is 0 Å². The molecular formula is C19H23NO. The summed E-state index contributed by atoms with van der Waals surface area (Å²) in [5.41, 5.74) is 11.5.